The van der Waals surface area contributed by atoms with Crippen molar-refractivity contribution in [2.45, 2.75) is 6.92 Å². The zero-order valence-electron chi connectivity index (χ0n) is 10.8. The molecule has 0 aliphatic carbocycles. The van der Waals surface area contributed by atoms with Crippen LogP contribution in [0.15, 0.2) is 36.5 Å². The Morgan fingerprint density at radius 2 is 2.11 bits per heavy atom. The van der Waals surface area contributed by atoms with E-state index in [-0.39, 0.29) is 4.99 Å². The molecule has 2 aromatic rings. The van der Waals surface area contributed by atoms with Gasteiger partial charge in [-0.25, -0.2) is 0 Å². The first-order valence-corrected chi connectivity index (χ1v) is 6.19. The molecule has 0 amide bonds. The van der Waals surface area contributed by atoms with E-state index in [9.17, 15) is 0 Å². The molecule has 0 unspecified atom stereocenters. The molecule has 0 aliphatic rings. The maximum absolute atomic E-state index is 5.66. The van der Waals surface area contributed by atoms with E-state index >= 15 is 0 Å². The lowest BCUT2D eigenvalue weighted by Crippen LogP contribution is -2.14. The smallest absolute Gasteiger partial charge is 0.124 e. The Bertz CT molecular complexity index is 613. The second-order valence-corrected chi connectivity index (χ2v) is 4.51. The second kappa shape index (κ2) is 5.67. The van der Waals surface area contributed by atoms with Crippen LogP contribution in [0, 0.1) is 6.92 Å². The molecule has 5 heteroatoms. The molecule has 0 aliphatic heterocycles. The highest BCUT2D eigenvalue weighted by Crippen LogP contribution is 2.25. The van der Waals surface area contributed by atoms with Crippen molar-refractivity contribution >= 4 is 28.6 Å². The third-order valence-corrected chi connectivity index (χ3v) is 2.94. The van der Waals surface area contributed by atoms with E-state index in [1.54, 1.807) is 13.3 Å². The van der Waals surface area contributed by atoms with E-state index in [0.29, 0.717) is 5.69 Å². The third-order valence-electron chi connectivity index (χ3n) is 2.74. The van der Waals surface area contributed by atoms with Crippen LogP contribution in [0.25, 0.3) is 0 Å². The average Bonchev–Trinajstić information content (AvgIpc) is 2.41. The van der Waals surface area contributed by atoms with Gasteiger partial charge >= 0.3 is 0 Å². The van der Waals surface area contributed by atoms with E-state index in [2.05, 4.69) is 10.3 Å². The summed E-state index contributed by atoms with van der Waals surface area (Å²) in [5.74, 6) is 0.823. The number of nitrogens with two attached hydrogens (primary N) is 1. The van der Waals surface area contributed by atoms with Crippen LogP contribution >= 0.6 is 12.2 Å². The van der Waals surface area contributed by atoms with Gasteiger partial charge in [0, 0.05) is 11.9 Å². The van der Waals surface area contributed by atoms with Crippen molar-refractivity contribution in [3.05, 3.63) is 47.8 Å². The van der Waals surface area contributed by atoms with Crippen LogP contribution in [0.4, 0.5) is 11.4 Å². The number of methoxy groups -OCH3 is 1. The molecule has 1 heterocycles. The zero-order chi connectivity index (χ0) is 13.8. The Kier molecular flexibility index (Phi) is 3.97. The summed E-state index contributed by atoms with van der Waals surface area (Å²) in [6.45, 7) is 2.00. The fourth-order valence-electron chi connectivity index (χ4n) is 1.75. The van der Waals surface area contributed by atoms with Gasteiger partial charge in [-0.2, -0.15) is 0 Å². The van der Waals surface area contributed by atoms with E-state index in [0.717, 1.165) is 22.7 Å². The van der Waals surface area contributed by atoms with Gasteiger partial charge in [-0.15, -0.1) is 0 Å². The zero-order valence-corrected chi connectivity index (χ0v) is 11.6. The quantitative estimate of drug-likeness (QED) is 0.839. The summed E-state index contributed by atoms with van der Waals surface area (Å²) in [5, 5.41) is 3.29. The van der Waals surface area contributed by atoms with E-state index in [1.165, 1.54) is 0 Å². The molecule has 0 bridgehead atoms. The molecule has 0 radical (unpaired) electrons. The largest absolute Gasteiger partial charge is 0.497 e. The summed E-state index contributed by atoms with van der Waals surface area (Å²) < 4.78 is 5.18. The number of hydrogen-bond donors (Lipinski definition) is 2. The molecular formula is C14H15N3OS. The fourth-order valence-corrected chi connectivity index (χ4v) is 1.91. The number of anilines is 2. The van der Waals surface area contributed by atoms with E-state index in [1.807, 2.05) is 37.3 Å². The summed E-state index contributed by atoms with van der Waals surface area (Å²) in [7, 11) is 1.65. The first-order chi connectivity index (χ1) is 9.11. The van der Waals surface area contributed by atoms with Gasteiger partial charge in [0.15, 0.2) is 0 Å². The first-order valence-electron chi connectivity index (χ1n) is 5.78. The Morgan fingerprint density at radius 1 is 1.32 bits per heavy atom. The summed E-state index contributed by atoms with van der Waals surface area (Å²) >= 11 is 4.99. The molecule has 0 saturated heterocycles. The fraction of sp³-hybridized carbons (Fsp3) is 0.143. The van der Waals surface area contributed by atoms with E-state index in [4.69, 9.17) is 22.7 Å². The van der Waals surface area contributed by atoms with Crippen molar-refractivity contribution in [1.82, 2.24) is 4.98 Å². The van der Waals surface area contributed by atoms with Crippen LogP contribution in [-0.2, 0) is 0 Å². The van der Waals surface area contributed by atoms with Crippen molar-refractivity contribution in [1.29, 1.82) is 0 Å². The molecule has 19 heavy (non-hydrogen) atoms. The van der Waals surface area contributed by atoms with Crippen molar-refractivity contribution in [2.24, 2.45) is 5.73 Å². The molecular weight excluding hydrogens is 258 g/mol. The van der Waals surface area contributed by atoms with Crippen molar-refractivity contribution in [3.63, 3.8) is 0 Å². The summed E-state index contributed by atoms with van der Waals surface area (Å²) in [5.41, 5.74) is 9.08. The Hall–Kier alpha value is -2.14. The molecule has 3 N–H and O–H groups in total. The van der Waals surface area contributed by atoms with E-state index < -0.39 is 0 Å². The Labute approximate surface area is 117 Å². The van der Waals surface area contributed by atoms with Gasteiger partial charge in [0.1, 0.15) is 16.4 Å². The number of aromatic nitrogens is 1. The summed E-state index contributed by atoms with van der Waals surface area (Å²) in [4.78, 5) is 4.46. The van der Waals surface area contributed by atoms with Crippen LogP contribution in [0.1, 0.15) is 11.3 Å². The standard InChI is InChI=1S/C14H15N3OS/c1-9-8-10(18-2)5-6-11(9)17-12-4-3-7-16-13(12)14(15)19/h3-8,17H,1-2H3,(H2,15,19). The van der Waals surface area contributed by atoms with Crippen molar-refractivity contribution in [3.8, 4) is 5.75 Å². The minimum Gasteiger partial charge on any atom is -0.497 e. The van der Waals surface area contributed by atoms with Crippen LogP contribution in [-0.4, -0.2) is 17.1 Å². The lowest BCUT2D eigenvalue weighted by Gasteiger charge is -2.13. The molecule has 0 fully saturated rings. The lowest BCUT2D eigenvalue weighted by atomic mass is 10.1. The third kappa shape index (κ3) is 3.00. The first kappa shape index (κ1) is 13.3. The highest BCUT2D eigenvalue weighted by atomic mass is 32.1. The highest BCUT2D eigenvalue weighted by Gasteiger charge is 2.07. The molecule has 1 aromatic heterocycles. The van der Waals surface area contributed by atoms with Gasteiger partial charge in [0.05, 0.1) is 12.8 Å². The Morgan fingerprint density at radius 3 is 2.74 bits per heavy atom. The molecule has 0 atom stereocenters. The summed E-state index contributed by atoms with van der Waals surface area (Å²) in [6, 6.07) is 9.53. The maximum Gasteiger partial charge on any atom is 0.124 e. The summed E-state index contributed by atoms with van der Waals surface area (Å²) in [6.07, 6.45) is 1.67. The van der Waals surface area contributed by atoms with Crippen molar-refractivity contribution in [2.75, 3.05) is 12.4 Å². The Balaban J connectivity index is 2.34. The lowest BCUT2D eigenvalue weighted by molar-refractivity contribution is 0.414. The molecule has 98 valence electrons. The molecule has 0 saturated carbocycles. The molecule has 2 rings (SSSR count). The van der Waals surface area contributed by atoms with Crippen LogP contribution in [0.5, 0.6) is 5.75 Å². The molecule has 1 aromatic carbocycles. The van der Waals surface area contributed by atoms with Crippen LogP contribution in [0.3, 0.4) is 0 Å². The minimum atomic E-state index is 0.272. The maximum atomic E-state index is 5.66. The number of aryl methyl sites for hydroxylation is 1. The number of hydrogen-bond acceptors (Lipinski definition) is 4. The number of nitrogens with zero attached hydrogens (tertiary/aromatic N) is 1. The predicted octanol–water partition coefficient (Wildman–Crippen LogP) is 2.78. The SMILES string of the molecule is COc1ccc(Nc2cccnc2C(N)=S)c(C)c1. The number of benzene rings is 1. The number of ether oxygens (including phenoxy) is 1. The van der Waals surface area contributed by atoms with Gasteiger partial charge in [-0.1, -0.05) is 12.2 Å². The second-order valence-electron chi connectivity index (χ2n) is 4.07. The number of rotatable bonds is 4. The highest BCUT2D eigenvalue weighted by molar-refractivity contribution is 7.80. The number of nitrogens with one attached hydrogen (secondary N) is 1. The van der Waals surface area contributed by atoms with Gasteiger partial charge in [0.2, 0.25) is 0 Å². The monoisotopic (exact) mass is 273 g/mol. The predicted molar refractivity (Wildman–Crippen MR) is 81.1 cm³/mol. The topological polar surface area (TPSA) is 60.2 Å². The van der Waals surface area contributed by atoms with Gasteiger partial charge < -0.3 is 15.8 Å². The molecule has 0 spiro atoms. The average molecular weight is 273 g/mol. The van der Waals surface area contributed by atoms with Crippen LogP contribution in [0.2, 0.25) is 0 Å². The van der Waals surface area contributed by atoms with Crippen molar-refractivity contribution < 1.29 is 4.74 Å². The van der Waals surface area contributed by atoms with Crippen LogP contribution < -0.4 is 15.8 Å². The normalized spacial score (nSPS) is 10.0. The number of thiocarbonyl (C=S) groups is 1. The minimum absolute atomic E-state index is 0.272. The van der Waals surface area contributed by atoms with Gasteiger partial charge in [0.25, 0.3) is 0 Å². The molecule has 4 nitrogen and oxygen atoms in total. The van der Waals surface area contributed by atoms with Gasteiger partial charge in [-0.3, -0.25) is 4.98 Å². The number of pyridine rings is 1. The van der Waals surface area contributed by atoms with Gasteiger partial charge in [-0.05, 0) is 42.8 Å².